The van der Waals surface area contributed by atoms with Crippen molar-refractivity contribution in [1.29, 1.82) is 0 Å². The Morgan fingerprint density at radius 2 is 1.93 bits per heavy atom. The van der Waals surface area contributed by atoms with E-state index in [2.05, 4.69) is 11.1 Å². The minimum absolute atomic E-state index is 0.938. The maximum atomic E-state index is 4.49. The third-order valence-corrected chi connectivity index (χ3v) is 5.00. The van der Waals surface area contributed by atoms with Gasteiger partial charge in [-0.15, -0.1) is 0 Å². The molecule has 14 heavy (non-hydrogen) atoms. The highest BCUT2D eigenvalue weighted by molar-refractivity contribution is 7.59. The van der Waals surface area contributed by atoms with Crippen LogP contribution in [0.5, 0.6) is 0 Å². The first-order valence-electron chi connectivity index (χ1n) is 5.60. The van der Waals surface area contributed by atoms with Crippen LogP contribution < -0.4 is 0 Å². The van der Waals surface area contributed by atoms with Crippen molar-refractivity contribution in [3.63, 3.8) is 0 Å². The molecule has 1 unspecified atom stereocenters. The maximum absolute atomic E-state index is 4.49. The van der Waals surface area contributed by atoms with Gasteiger partial charge in [-0.05, 0) is 44.2 Å². The van der Waals surface area contributed by atoms with Crippen molar-refractivity contribution in [2.75, 3.05) is 0 Å². The smallest absolute Gasteiger partial charge is 0.0383 e. The van der Waals surface area contributed by atoms with Crippen molar-refractivity contribution in [3.8, 4) is 0 Å². The van der Waals surface area contributed by atoms with Gasteiger partial charge in [-0.25, -0.2) is 0 Å². The molecule has 74 valence electrons. The van der Waals surface area contributed by atoms with Crippen molar-refractivity contribution >= 4 is 14.0 Å². The molecular weight excluding hydrogens is 189 g/mol. The zero-order valence-corrected chi connectivity index (χ0v) is 9.42. The summed E-state index contributed by atoms with van der Waals surface area (Å²) in [4.78, 5) is 4.49. The molecule has 0 N–H and O–H groups in total. The van der Waals surface area contributed by atoms with Crippen LogP contribution in [0.3, 0.4) is 0 Å². The number of hydrogen-bond donors (Lipinski definition) is 0. The van der Waals surface area contributed by atoms with Gasteiger partial charge in [0.15, 0.2) is 0 Å². The van der Waals surface area contributed by atoms with Gasteiger partial charge in [-0.2, -0.15) is 0 Å². The highest BCUT2D eigenvalue weighted by atomic mass is 31.1. The lowest BCUT2D eigenvalue weighted by atomic mass is 9.92. The van der Waals surface area contributed by atoms with Gasteiger partial charge >= 0.3 is 0 Å². The molecule has 3 aliphatic rings. The second kappa shape index (κ2) is 3.62. The summed E-state index contributed by atoms with van der Waals surface area (Å²) >= 11 is 0. The fourth-order valence-electron chi connectivity index (χ4n) is 2.59. The van der Waals surface area contributed by atoms with E-state index in [1.54, 1.807) is 11.1 Å². The third kappa shape index (κ3) is 1.59. The molecule has 0 amide bonds. The minimum atomic E-state index is 0.938. The summed E-state index contributed by atoms with van der Waals surface area (Å²) in [5, 5.41) is 0. The van der Waals surface area contributed by atoms with E-state index < -0.39 is 0 Å². The maximum Gasteiger partial charge on any atom is 0.0383 e. The fourth-order valence-corrected chi connectivity index (χ4v) is 4.19. The second-order valence-corrected chi connectivity index (χ2v) is 6.14. The molecule has 0 saturated carbocycles. The number of hydrogen-bond acceptors (Lipinski definition) is 1. The molecule has 0 saturated heterocycles. The predicted octanol–water partition coefficient (Wildman–Crippen LogP) is 3.62. The Hall–Kier alpha value is -0.420. The lowest BCUT2D eigenvalue weighted by Gasteiger charge is -2.14. The summed E-state index contributed by atoms with van der Waals surface area (Å²) in [5.41, 5.74) is 6.01. The molecule has 0 aromatic carbocycles. The van der Waals surface area contributed by atoms with E-state index in [0.717, 1.165) is 14.2 Å². The zero-order chi connectivity index (χ0) is 9.38. The van der Waals surface area contributed by atoms with Gasteiger partial charge in [-0.3, -0.25) is 4.99 Å². The second-order valence-electron chi connectivity index (χ2n) is 4.46. The molecule has 2 heteroatoms. The standard InChI is InChI=1S/C12H16NP/c1-2-6-13-12(3-1)14-11-7-9-4-5-10(9)8-11/h2,6,11,14H,1,3-5,7-8H2. The summed E-state index contributed by atoms with van der Waals surface area (Å²) in [6.07, 6.45) is 12.2. The molecule has 0 spiro atoms. The van der Waals surface area contributed by atoms with E-state index in [1.165, 1.54) is 44.0 Å². The van der Waals surface area contributed by atoms with E-state index in [0.29, 0.717) is 0 Å². The molecule has 0 aromatic rings. The monoisotopic (exact) mass is 205 g/mol. The van der Waals surface area contributed by atoms with E-state index in [9.17, 15) is 0 Å². The first-order chi connectivity index (χ1) is 6.92. The van der Waals surface area contributed by atoms with Gasteiger partial charge in [0.25, 0.3) is 0 Å². The summed E-state index contributed by atoms with van der Waals surface area (Å²) < 4.78 is 0. The van der Waals surface area contributed by atoms with Crippen LogP contribution in [0.1, 0.15) is 38.5 Å². The molecular formula is C12H16NP. The summed E-state index contributed by atoms with van der Waals surface area (Å²) in [5.74, 6) is 0. The fraction of sp³-hybridized carbons (Fsp3) is 0.583. The molecule has 2 aliphatic carbocycles. The zero-order valence-electron chi connectivity index (χ0n) is 8.42. The van der Waals surface area contributed by atoms with Crippen LogP contribution in [0.15, 0.2) is 28.4 Å². The molecule has 1 aliphatic heterocycles. The van der Waals surface area contributed by atoms with Gasteiger partial charge in [0.2, 0.25) is 0 Å². The van der Waals surface area contributed by atoms with Crippen LogP contribution in [0.25, 0.3) is 0 Å². The van der Waals surface area contributed by atoms with Crippen molar-refractivity contribution in [3.05, 3.63) is 23.4 Å². The lowest BCUT2D eigenvalue weighted by Crippen LogP contribution is -2.01. The molecule has 1 heterocycles. The summed E-state index contributed by atoms with van der Waals surface area (Å²) in [6.45, 7) is 0. The Morgan fingerprint density at radius 1 is 1.14 bits per heavy atom. The quantitative estimate of drug-likeness (QED) is 0.482. The highest BCUT2D eigenvalue weighted by Gasteiger charge is 2.29. The largest absolute Gasteiger partial charge is 0.262 e. The molecule has 0 aromatic heterocycles. The van der Waals surface area contributed by atoms with Crippen LogP contribution in [-0.4, -0.2) is 11.1 Å². The first-order valence-corrected chi connectivity index (χ1v) is 6.67. The summed E-state index contributed by atoms with van der Waals surface area (Å²) in [7, 11) is 1.00. The Balaban J connectivity index is 1.59. The molecule has 0 radical (unpaired) electrons. The van der Waals surface area contributed by atoms with Crippen LogP contribution in [-0.2, 0) is 0 Å². The topological polar surface area (TPSA) is 12.4 Å². The number of rotatable bonds is 2. The Bertz CT molecular complexity index is 322. The van der Waals surface area contributed by atoms with E-state index in [1.807, 2.05) is 6.20 Å². The van der Waals surface area contributed by atoms with Crippen molar-refractivity contribution in [2.45, 2.75) is 44.2 Å². The lowest BCUT2D eigenvalue weighted by molar-refractivity contribution is 0.800. The van der Waals surface area contributed by atoms with Crippen molar-refractivity contribution in [2.24, 2.45) is 4.99 Å². The molecule has 0 bridgehead atoms. The van der Waals surface area contributed by atoms with E-state index >= 15 is 0 Å². The van der Waals surface area contributed by atoms with Gasteiger partial charge in [0.1, 0.15) is 0 Å². The van der Waals surface area contributed by atoms with Crippen LogP contribution in [0, 0.1) is 0 Å². The van der Waals surface area contributed by atoms with E-state index in [4.69, 9.17) is 0 Å². The molecule has 1 nitrogen and oxygen atoms in total. The van der Waals surface area contributed by atoms with Gasteiger partial charge in [0, 0.05) is 11.7 Å². The highest BCUT2D eigenvalue weighted by Crippen LogP contribution is 2.48. The van der Waals surface area contributed by atoms with Crippen LogP contribution in [0.4, 0.5) is 0 Å². The van der Waals surface area contributed by atoms with Gasteiger partial charge in [-0.1, -0.05) is 25.8 Å². The number of allylic oxidation sites excluding steroid dienone is 3. The summed E-state index contributed by atoms with van der Waals surface area (Å²) in [6, 6.07) is 0. The number of aliphatic imine (C=N–C) groups is 1. The van der Waals surface area contributed by atoms with Gasteiger partial charge in [0.05, 0.1) is 0 Å². The van der Waals surface area contributed by atoms with Crippen molar-refractivity contribution < 1.29 is 0 Å². The first kappa shape index (κ1) is 8.85. The SMILES string of the molecule is C1=CN=C(PC2CC3=C(CC3)C2)CC1. The molecule has 1 atom stereocenters. The predicted molar refractivity (Wildman–Crippen MR) is 63.4 cm³/mol. The Kier molecular flexibility index (Phi) is 2.29. The Labute approximate surface area is 87.2 Å². The average Bonchev–Trinajstić information content (AvgIpc) is 2.46. The van der Waals surface area contributed by atoms with Crippen LogP contribution >= 0.6 is 8.58 Å². The Morgan fingerprint density at radius 3 is 2.50 bits per heavy atom. The average molecular weight is 205 g/mol. The number of nitrogens with zero attached hydrogens (tertiary/aromatic N) is 1. The van der Waals surface area contributed by atoms with E-state index in [-0.39, 0.29) is 0 Å². The normalized spacial score (nSPS) is 27.0. The molecule has 0 fully saturated rings. The van der Waals surface area contributed by atoms with Gasteiger partial charge < -0.3 is 0 Å². The third-order valence-electron chi connectivity index (χ3n) is 3.47. The van der Waals surface area contributed by atoms with Crippen LogP contribution in [0.2, 0.25) is 0 Å². The van der Waals surface area contributed by atoms with Crippen molar-refractivity contribution in [1.82, 2.24) is 0 Å². The molecule has 3 rings (SSSR count). The minimum Gasteiger partial charge on any atom is -0.262 e.